The van der Waals surface area contributed by atoms with Crippen LogP contribution in [0.2, 0.25) is 0 Å². The highest BCUT2D eigenvalue weighted by Crippen LogP contribution is 2.23. The highest BCUT2D eigenvalue weighted by atomic mass is 32.2. The van der Waals surface area contributed by atoms with Crippen molar-refractivity contribution in [1.29, 1.82) is 0 Å². The lowest BCUT2D eigenvalue weighted by atomic mass is 10.2. The molecule has 8 nitrogen and oxygen atoms in total. The van der Waals surface area contributed by atoms with Gasteiger partial charge in [0.15, 0.2) is 5.13 Å². The monoisotopic (exact) mass is 490 g/mol. The van der Waals surface area contributed by atoms with Gasteiger partial charge in [0, 0.05) is 37.2 Å². The SMILES string of the molecule is COc1ccc(S(=O)(=O)Nc2nc(CC(=O)N3CCN(c4ccc(F)cc4)CC3)cs2)cc1. The van der Waals surface area contributed by atoms with Crippen LogP contribution in [0.1, 0.15) is 5.69 Å². The van der Waals surface area contributed by atoms with Crippen molar-refractivity contribution in [3.05, 3.63) is 65.4 Å². The average molecular weight is 491 g/mol. The number of aromatic nitrogens is 1. The zero-order valence-electron chi connectivity index (χ0n) is 17.9. The van der Waals surface area contributed by atoms with Gasteiger partial charge >= 0.3 is 0 Å². The van der Waals surface area contributed by atoms with E-state index in [2.05, 4.69) is 14.6 Å². The Kier molecular flexibility index (Phi) is 6.80. The summed E-state index contributed by atoms with van der Waals surface area (Å²) in [5.41, 5.74) is 1.44. The molecular formula is C22H23FN4O4S2. The van der Waals surface area contributed by atoms with Crippen LogP contribution in [0.25, 0.3) is 0 Å². The molecule has 0 spiro atoms. The first-order chi connectivity index (χ1) is 15.8. The lowest BCUT2D eigenvalue weighted by molar-refractivity contribution is -0.130. The number of amides is 1. The topological polar surface area (TPSA) is 91.8 Å². The summed E-state index contributed by atoms with van der Waals surface area (Å²) in [7, 11) is -2.29. The Balaban J connectivity index is 1.32. The molecule has 0 unspecified atom stereocenters. The lowest BCUT2D eigenvalue weighted by Gasteiger charge is -2.36. The predicted octanol–water partition coefficient (Wildman–Crippen LogP) is 2.98. The number of carbonyl (C=O) groups is 1. The van der Waals surface area contributed by atoms with E-state index in [4.69, 9.17) is 4.74 Å². The van der Waals surface area contributed by atoms with Crippen LogP contribution in [0.15, 0.2) is 58.8 Å². The number of ether oxygens (including phenoxy) is 1. The molecule has 11 heteroatoms. The van der Waals surface area contributed by atoms with Gasteiger partial charge in [-0.1, -0.05) is 0 Å². The van der Waals surface area contributed by atoms with Crippen molar-refractivity contribution in [2.75, 3.05) is 42.9 Å². The summed E-state index contributed by atoms with van der Waals surface area (Å²) in [6.07, 6.45) is 0.0946. The normalized spacial score (nSPS) is 14.2. The van der Waals surface area contributed by atoms with Gasteiger partial charge in [0.25, 0.3) is 10.0 Å². The van der Waals surface area contributed by atoms with Crippen molar-refractivity contribution in [2.24, 2.45) is 0 Å². The molecule has 1 aliphatic rings. The van der Waals surface area contributed by atoms with Crippen LogP contribution in [-0.4, -0.2) is 57.5 Å². The van der Waals surface area contributed by atoms with E-state index in [-0.39, 0.29) is 28.2 Å². The van der Waals surface area contributed by atoms with Gasteiger partial charge in [0.05, 0.1) is 24.1 Å². The third-order valence-electron chi connectivity index (χ3n) is 5.30. The summed E-state index contributed by atoms with van der Waals surface area (Å²) < 4.78 is 45.7. The Labute approximate surface area is 195 Å². The number of rotatable bonds is 7. The van der Waals surface area contributed by atoms with Crippen LogP contribution < -0.4 is 14.4 Å². The molecule has 0 radical (unpaired) electrons. The summed E-state index contributed by atoms with van der Waals surface area (Å²) in [4.78, 5) is 20.9. The quantitative estimate of drug-likeness (QED) is 0.548. The number of hydrogen-bond acceptors (Lipinski definition) is 7. The molecule has 174 valence electrons. The number of hydrogen-bond donors (Lipinski definition) is 1. The number of halogens is 1. The van der Waals surface area contributed by atoms with E-state index in [1.54, 1.807) is 34.5 Å². The molecule has 3 aromatic rings. The standard InChI is InChI=1S/C22H23FN4O4S2/c1-31-19-6-8-20(9-7-19)33(29,30)25-22-24-17(15-32-22)14-21(28)27-12-10-26(11-13-27)18-4-2-16(23)3-5-18/h2-9,15H,10-14H2,1H3,(H,24,25). The first kappa shape index (κ1) is 23.0. The van der Waals surface area contributed by atoms with Crippen molar-refractivity contribution in [2.45, 2.75) is 11.3 Å². The molecule has 4 rings (SSSR count). The minimum absolute atomic E-state index is 0.0661. The maximum atomic E-state index is 13.1. The number of methoxy groups -OCH3 is 1. The first-order valence-corrected chi connectivity index (χ1v) is 12.6. The highest BCUT2D eigenvalue weighted by molar-refractivity contribution is 7.93. The lowest BCUT2D eigenvalue weighted by Crippen LogP contribution is -2.49. The van der Waals surface area contributed by atoms with Crippen LogP contribution in [0.4, 0.5) is 15.2 Å². The Hall–Kier alpha value is -3.18. The molecular weight excluding hydrogens is 467 g/mol. The van der Waals surface area contributed by atoms with E-state index in [9.17, 15) is 17.6 Å². The summed E-state index contributed by atoms with van der Waals surface area (Å²) in [5.74, 6) is 0.215. The molecule has 1 aliphatic heterocycles. The summed E-state index contributed by atoms with van der Waals surface area (Å²) in [6.45, 7) is 2.41. The first-order valence-electron chi connectivity index (χ1n) is 10.2. The second kappa shape index (κ2) is 9.75. The van der Waals surface area contributed by atoms with E-state index in [1.807, 2.05) is 0 Å². The number of carbonyl (C=O) groups excluding carboxylic acids is 1. The maximum absolute atomic E-state index is 13.1. The van der Waals surface area contributed by atoms with Crippen molar-refractivity contribution in [3.63, 3.8) is 0 Å². The van der Waals surface area contributed by atoms with E-state index in [1.165, 1.54) is 31.4 Å². The Bertz CT molecular complexity index is 1210. The Morgan fingerprint density at radius 3 is 2.39 bits per heavy atom. The fourth-order valence-electron chi connectivity index (χ4n) is 3.50. The summed E-state index contributed by atoms with van der Waals surface area (Å²) in [6, 6.07) is 12.3. The van der Waals surface area contributed by atoms with Crippen molar-refractivity contribution < 1.29 is 22.3 Å². The number of anilines is 2. The largest absolute Gasteiger partial charge is 0.497 e. The number of nitrogens with one attached hydrogen (secondary N) is 1. The third kappa shape index (κ3) is 5.60. The highest BCUT2D eigenvalue weighted by Gasteiger charge is 2.23. The van der Waals surface area contributed by atoms with E-state index in [0.29, 0.717) is 37.6 Å². The molecule has 0 bridgehead atoms. The van der Waals surface area contributed by atoms with Gasteiger partial charge < -0.3 is 14.5 Å². The number of benzene rings is 2. The number of sulfonamides is 1. The van der Waals surface area contributed by atoms with Gasteiger partial charge in [0.2, 0.25) is 5.91 Å². The Morgan fingerprint density at radius 1 is 1.09 bits per heavy atom. The number of piperazine rings is 1. The molecule has 0 atom stereocenters. The minimum atomic E-state index is -3.79. The van der Waals surface area contributed by atoms with Gasteiger partial charge in [-0.05, 0) is 48.5 Å². The van der Waals surface area contributed by atoms with Crippen LogP contribution in [0.5, 0.6) is 5.75 Å². The van der Waals surface area contributed by atoms with E-state index in [0.717, 1.165) is 17.0 Å². The van der Waals surface area contributed by atoms with Crippen LogP contribution in [0, 0.1) is 5.82 Å². The fraction of sp³-hybridized carbons (Fsp3) is 0.273. The predicted molar refractivity (Wildman–Crippen MR) is 125 cm³/mol. The zero-order chi connectivity index (χ0) is 23.4. The molecule has 1 fully saturated rings. The number of thiazole rings is 1. The molecule has 1 aromatic heterocycles. The Morgan fingerprint density at radius 2 is 1.76 bits per heavy atom. The van der Waals surface area contributed by atoms with Gasteiger partial charge in [-0.3, -0.25) is 9.52 Å². The molecule has 1 saturated heterocycles. The van der Waals surface area contributed by atoms with Crippen LogP contribution >= 0.6 is 11.3 Å². The van der Waals surface area contributed by atoms with Gasteiger partial charge in [0.1, 0.15) is 11.6 Å². The van der Waals surface area contributed by atoms with Gasteiger partial charge in [-0.15, -0.1) is 11.3 Å². The van der Waals surface area contributed by atoms with Crippen molar-refractivity contribution >= 4 is 38.1 Å². The van der Waals surface area contributed by atoms with E-state index >= 15 is 0 Å². The van der Waals surface area contributed by atoms with Crippen LogP contribution in [-0.2, 0) is 21.2 Å². The van der Waals surface area contributed by atoms with Crippen LogP contribution in [0.3, 0.4) is 0 Å². The summed E-state index contributed by atoms with van der Waals surface area (Å²) >= 11 is 1.13. The van der Waals surface area contributed by atoms with Crippen molar-refractivity contribution in [3.8, 4) is 5.75 Å². The molecule has 33 heavy (non-hydrogen) atoms. The molecule has 0 saturated carbocycles. The smallest absolute Gasteiger partial charge is 0.263 e. The fourth-order valence-corrected chi connectivity index (χ4v) is 5.46. The summed E-state index contributed by atoms with van der Waals surface area (Å²) in [5, 5.41) is 1.88. The third-order valence-corrected chi connectivity index (χ3v) is 7.59. The van der Waals surface area contributed by atoms with Gasteiger partial charge in [-0.2, -0.15) is 0 Å². The second-order valence-electron chi connectivity index (χ2n) is 7.45. The molecule has 2 heterocycles. The van der Waals surface area contributed by atoms with Gasteiger partial charge in [-0.25, -0.2) is 17.8 Å². The number of nitrogens with zero attached hydrogens (tertiary/aromatic N) is 3. The second-order valence-corrected chi connectivity index (χ2v) is 9.99. The molecule has 2 aromatic carbocycles. The molecule has 0 aliphatic carbocycles. The minimum Gasteiger partial charge on any atom is -0.497 e. The van der Waals surface area contributed by atoms with E-state index < -0.39 is 10.0 Å². The maximum Gasteiger partial charge on any atom is 0.263 e. The molecule has 1 N–H and O–H groups in total. The van der Waals surface area contributed by atoms with Crippen molar-refractivity contribution in [1.82, 2.24) is 9.88 Å². The zero-order valence-corrected chi connectivity index (χ0v) is 19.5. The molecule has 1 amide bonds. The average Bonchev–Trinajstić information content (AvgIpc) is 3.25.